The first-order valence-electron chi connectivity index (χ1n) is 4.43. The van der Waals surface area contributed by atoms with Gasteiger partial charge in [0.15, 0.2) is 0 Å². The molecule has 1 aromatic heterocycles. The standard InChI is InChI=1S/C9H14BN/c1-6-5-11-9-4-7(10)2-3-8(6)9/h5,7,11H,2-4,10H2,1H3. The molecule has 0 saturated carbocycles. The van der Waals surface area contributed by atoms with E-state index >= 15 is 0 Å². The summed E-state index contributed by atoms with van der Waals surface area (Å²) < 4.78 is 0. The molecule has 2 heteroatoms. The van der Waals surface area contributed by atoms with Gasteiger partial charge in [0.1, 0.15) is 7.85 Å². The summed E-state index contributed by atoms with van der Waals surface area (Å²) in [5.74, 6) is 0.876. The van der Waals surface area contributed by atoms with Crippen molar-refractivity contribution >= 4 is 7.85 Å². The smallest absolute Gasteiger partial charge is 0.105 e. The third kappa shape index (κ3) is 1.11. The second-order valence-electron chi connectivity index (χ2n) is 3.78. The van der Waals surface area contributed by atoms with Crippen LogP contribution in [-0.4, -0.2) is 12.8 Å². The van der Waals surface area contributed by atoms with Crippen LogP contribution in [0.25, 0.3) is 0 Å². The van der Waals surface area contributed by atoms with Gasteiger partial charge < -0.3 is 4.98 Å². The number of aromatic amines is 1. The van der Waals surface area contributed by atoms with E-state index in [9.17, 15) is 0 Å². The summed E-state index contributed by atoms with van der Waals surface area (Å²) in [6.07, 6.45) is 6.05. The maximum atomic E-state index is 3.36. The fourth-order valence-electron chi connectivity index (χ4n) is 1.98. The molecule has 0 amide bonds. The molecule has 0 radical (unpaired) electrons. The van der Waals surface area contributed by atoms with Crippen LogP contribution in [0.2, 0.25) is 5.82 Å². The molecule has 58 valence electrons. The highest BCUT2D eigenvalue weighted by Gasteiger charge is 2.17. The second-order valence-corrected chi connectivity index (χ2v) is 3.78. The number of H-pyrrole nitrogens is 1. The highest BCUT2D eigenvalue weighted by molar-refractivity contribution is 6.11. The summed E-state index contributed by atoms with van der Waals surface area (Å²) in [4.78, 5) is 3.36. The molecule has 1 unspecified atom stereocenters. The molecular weight excluding hydrogens is 133 g/mol. The Labute approximate surface area is 68.6 Å². The summed E-state index contributed by atoms with van der Waals surface area (Å²) in [7, 11) is 2.33. The number of hydrogen-bond acceptors (Lipinski definition) is 0. The van der Waals surface area contributed by atoms with E-state index in [2.05, 4.69) is 26.0 Å². The lowest BCUT2D eigenvalue weighted by molar-refractivity contribution is 0.673. The van der Waals surface area contributed by atoms with E-state index in [4.69, 9.17) is 0 Å². The molecule has 0 aliphatic heterocycles. The van der Waals surface area contributed by atoms with Crippen LogP contribution in [0.5, 0.6) is 0 Å². The largest absolute Gasteiger partial charge is 0.365 e. The topological polar surface area (TPSA) is 15.8 Å². The van der Waals surface area contributed by atoms with Crippen molar-refractivity contribution in [3.05, 3.63) is 23.0 Å². The van der Waals surface area contributed by atoms with Crippen LogP contribution in [0, 0.1) is 6.92 Å². The van der Waals surface area contributed by atoms with E-state index in [1.807, 2.05) is 0 Å². The lowest BCUT2D eigenvalue weighted by Gasteiger charge is -2.18. The third-order valence-electron chi connectivity index (χ3n) is 2.74. The molecule has 1 aliphatic carbocycles. The van der Waals surface area contributed by atoms with E-state index in [-0.39, 0.29) is 0 Å². The first kappa shape index (κ1) is 7.02. The second kappa shape index (κ2) is 2.44. The minimum Gasteiger partial charge on any atom is -0.365 e. The SMILES string of the molecule is BC1CCc2c(C)c[nH]c2C1. The molecule has 1 nitrogen and oxygen atoms in total. The van der Waals surface area contributed by atoms with Crippen molar-refractivity contribution in [2.75, 3.05) is 0 Å². The van der Waals surface area contributed by atoms with E-state index in [1.165, 1.54) is 30.5 Å². The summed E-state index contributed by atoms with van der Waals surface area (Å²) in [5, 5.41) is 0. The van der Waals surface area contributed by atoms with E-state index < -0.39 is 0 Å². The summed E-state index contributed by atoms with van der Waals surface area (Å²) in [6.45, 7) is 2.20. The first-order valence-corrected chi connectivity index (χ1v) is 4.43. The lowest BCUT2D eigenvalue weighted by atomic mass is 9.75. The number of aromatic nitrogens is 1. The molecule has 1 N–H and O–H groups in total. The molecule has 11 heavy (non-hydrogen) atoms. The van der Waals surface area contributed by atoms with Crippen LogP contribution in [-0.2, 0) is 12.8 Å². The number of hydrogen-bond donors (Lipinski definition) is 1. The zero-order chi connectivity index (χ0) is 7.84. The van der Waals surface area contributed by atoms with Gasteiger partial charge in [0, 0.05) is 11.9 Å². The van der Waals surface area contributed by atoms with Crippen molar-refractivity contribution in [1.29, 1.82) is 0 Å². The van der Waals surface area contributed by atoms with Gasteiger partial charge >= 0.3 is 0 Å². The van der Waals surface area contributed by atoms with Gasteiger partial charge in [-0.25, -0.2) is 0 Å². The molecule has 0 bridgehead atoms. The fraction of sp³-hybridized carbons (Fsp3) is 0.556. The fourth-order valence-corrected chi connectivity index (χ4v) is 1.98. The van der Waals surface area contributed by atoms with Crippen LogP contribution in [0.3, 0.4) is 0 Å². The average molecular weight is 147 g/mol. The van der Waals surface area contributed by atoms with Crippen molar-refractivity contribution in [1.82, 2.24) is 4.98 Å². The minimum absolute atomic E-state index is 0.876. The third-order valence-corrected chi connectivity index (χ3v) is 2.74. The lowest BCUT2D eigenvalue weighted by Crippen LogP contribution is -2.08. The summed E-state index contributed by atoms with van der Waals surface area (Å²) in [6, 6.07) is 0. The average Bonchev–Trinajstić information content (AvgIpc) is 2.32. The van der Waals surface area contributed by atoms with Crippen LogP contribution >= 0.6 is 0 Å². The molecule has 1 aliphatic rings. The Kier molecular flexibility index (Phi) is 1.55. The zero-order valence-electron chi connectivity index (χ0n) is 7.28. The van der Waals surface area contributed by atoms with Gasteiger partial charge in [-0.1, -0.05) is 12.2 Å². The van der Waals surface area contributed by atoms with E-state index in [0.717, 1.165) is 5.82 Å². The maximum absolute atomic E-state index is 3.36. The van der Waals surface area contributed by atoms with Crippen LogP contribution < -0.4 is 0 Å². The molecule has 1 aromatic rings. The van der Waals surface area contributed by atoms with Gasteiger partial charge in [-0.15, -0.1) is 0 Å². The Morgan fingerprint density at radius 3 is 3.27 bits per heavy atom. The number of rotatable bonds is 0. The normalized spacial score (nSPS) is 23.2. The van der Waals surface area contributed by atoms with Crippen molar-refractivity contribution in [3.63, 3.8) is 0 Å². The quantitative estimate of drug-likeness (QED) is 0.531. The van der Waals surface area contributed by atoms with Crippen molar-refractivity contribution in [2.24, 2.45) is 0 Å². The van der Waals surface area contributed by atoms with Crippen molar-refractivity contribution in [3.8, 4) is 0 Å². The molecule has 0 aromatic carbocycles. The Bertz CT molecular complexity index is 265. The highest BCUT2D eigenvalue weighted by Crippen LogP contribution is 2.28. The molecule has 0 fully saturated rings. The molecule has 0 saturated heterocycles. The van der Waals surface area contributed by atoms with Crippen LogP contribution in [0.1, 0.15) is 23.2 Å². The predicted molar refractivity (Wildman–Crippen MR) is 49.8 cm³/mol. The van der Waals surface area contributed by atoms with Gasteiger partial charge in [0.2, 0.25) is 0 Å². The zero-order valence-corrected chi connectivity index (χ0v) is 7.28. The molecule has 0 spiro atoms. The van der Waals surface area contributed by atoms with Gasteiger partial charge in [0.05, 0.1) is 0 Å². The highest BCUT2D eigenvalue weighted by atomic mass is 14.7. The van der Waals surface area contributed by atoms with E-state index in [1.54, 1.807) is 5.56 Å². The van der Waals surface area contributed by atoms with Gasteiger partial charge in [-0.05, 0) is 30.9 Å². The molecule has 1 atom stereocenters. The maximum Gasteiger partial charge on any atom is 0.105 e. The Morgan fingerprint density at radius 2 is 2.45 bits per heavy atom. The Balaban J connectivity index is 2.36. The van der Waals surface area contributed by atoms with Crippen molar-refractivity contribution in [2.45, 2.75) is 32.0 Å². The van der Waals surface area contributed by atoms with Crippen molar-refractivity contribution < 1.29 is 0 Å². The van der Waals surface area contributed by atoms with E-state index in [0.29, 0.717) is 0 Å². The summed E-state index contributed by atoms with van der Waals surface area (Å²) in [5.41, 5.74) is 4.52. The van der Waals surface area contributed by atoms with Crippen LogP contribution in [0.15, 0.2) is 6.20 Å². The number of fused-ring (bicyclic) bond motifs is 1. The number of aryl methyl sites for hydroxylation is 1. The monoisotopic (exact) mass is 147 g/mol. The van der Waals surface area contributed by atoms with Gasteiger partial charge in [-0.2, -0.15) is 0 Å². The number of nitrogens with one attached hydrogen (secondary N) is 1. The van der Waals surface area contributed by atoms with Gasteiger partial charge in [-0.3, -0.25) is 0 Å². The first-order chi connectivity index (χ1) is 5.27. The summed E-state index contributed by atoms with van der Waals surface area (Å²) >= 11 is 0. The minimum atomic E-state index is 0.876. The van der Waals surface area contributed by atoms with Gasteiger partial charge in [0.25, 0.3) is 0 Å². The molecule has 1 heterocycles. The molecular formula is C9H14BN. The molecule has 2 rings (SSSR count). The predicted octanol–water partition coefficient (Wildman–Crippen LogP) is 1.23. The Hall–Kier alpha value is -0.655. The van der Waals surface area contributed by atoms with Crippen LogP contribution in [0.4, 0.5) is 0 Å². The Morgan fingerprint density at radius 1 is 1.64 bits per heavy atom.